The van der Waals surface area contributed by atoms with Crippen molar-refractivity contribution in [3.05, 3.63) is 81.2 Å². The van der Waals surface area contributed by atoms with Crippen LogP contribution in [0.1, 0.15) is 78.4 Å². The Kier molecular flexibility index (Phi) is 12.9. The standard InChI is InChI=1S/C40H45N7O10/c1-22-30(21-27-26-20-24(7-10-32(41)48)6-8-28(26)45-36(27)50)44-23(2)34(22)38(52)43-13-15-56-17-19-57-18-16-55-14-12-42-29-5-3-4-25-35(29)40(54)47(39(25)53)31-9-11-33(49)46-37(31)51/h3-6,8,20-21,31,42,44H,7,9-19H2,1-2H3,(H2,41,48)(H,43,52)(H,45,50)(H,46,49,51)/b27-21-/t31-/m1/s1. The van der Waals surface area contributed by atoms with Gasteiger partial charge < -0.3 is 40.9 Å². The van der Waals surface area contributed by atoms with Gasteiger partial charge >= 0.3 is 0 Å². The number of nitrogens with one attached hydrogen (secondary N) is 5. The number of aryl methyl sites for hydroxylation is 2. The van der Waals surface area contributed by atoms with E-state index in [2.05, 4.69) is 26.3 Å². The molecule has 17 heteroatoms. The number of piperidine rings is 1. The molecule has 0 aliphatic carbocycles. The molecule has 1 atom stereocenters. The van der Waals surface area contributed by atoms with E-state index in [1.807, 2.05) is 19.1 Å². The van der Waals surface area contributed by atoms with Crippen LogP contribution >= 0.6 is 0 Å². The molecule has 1 fully saturated rings. The van der Waals surface area contributed by atoms with Gasteiger partial charge in [-0.1, -0.05) is 12.1 Å². The van der Waals surface area contributed by atoms with E-state index in [-0.39, 0.29) is 55.4 Å². The lowest BCUT2D eigenvalue weighted by atomic mass is 10.00. The highest BCUT2D eigenvalue weighted by Gasteiger charge is 2.45. The predicted molar refractivity (Wildman–Crippen MR) is 207 cm³/mol. The number of carbonyl (C=O) groups excluding carboxylic acids is 7. The second-order valence-corrected chi connectivity index (χ2v) is 13.7. The summed E-state index contributed by atoms with van der Waals surface area (Å²) < 4.78 is 16.8. The van der Waals surface area contributed by atoms with Crippen molar-refractivity contribution in [2.45, 2.75) is 45.6 Å². The van der Waals surface area contributed by atoms with Gasteiger partial charge in [-0.05, 0) is 68.2 Å². The van der Waals surface area contributed by atoms with Crippen LogP contribution in [0.4, 0.5) is 11.4 Å². The van der Waals surface area contributed by atoms with Gasteiger partial charge in [0, 0.05) is 54.3 Å². The number of amides is 7. The summed E-state index contributed by atoms with van der Waals surface area (Å²) in [7, 11) is 0. The lowest BCUT2D eigenvalue weighted by Gasteiger charge is -2.27. The van der Waals surface area contributed by atoms with E-state index in [9.17, 15) is 33.6 Å². The number of aromatic amines is 1. The van der Waals surface area contributed by atoms with E-state index in [1.165, 1.54) is 6.07 Å². The third-order valence-electron chi connectivity index (χ3n) is 9.82. The van der Waals surface area contributed by atoms with Crippen LogP contribution in [0.25, 0.3) is 11.6 Å². The van der Waals surface area contributed by atoms with E-state index >= 15 is 0 Å². The van der Waals surface area contributed by atoms with Crippen molar-refractivity contribution in [1.82, 2.24) is 20.5 Å². The first-order chi connectivity index (χ1) is 27.4. The van der Waals surface area contributed by atoms with E-state index in [0.717, 1.165) is 16.0 Å². The summed E-state index contributed by atoms with van der Waals surface area (Å²) in [5.41, 5.74) is 11.3. The molecule has 1 saturated heterocycles. The van der Waals surface area contributed by atoms with Gasteiger partial charge in [-0.2, -0.15) is 0 Å². The first-order valence-corrected chi connectivity index (χ1v) is 18.7. The number of nitrogens with zero attached hydrogens (tertiary/aromatic N) is 1. The Morgan fingerprint density at radius 2 is 1.61 bits per heavy atom. The number of fused-ring (bicyclic) bond motifs is 2. The molecule has 0 spiro atoms. The fourth-order valence-corrected chi connectivity index (χ4v) is 6.99. The van der Waals surface area contributed by atoms with E-state index in [1.54, 1.807) is 31.2 Å². The normalized spacial score (nSPS) is 16.8. The fraction of sp³-hybridized carbons (Fsp3) is 0.375. The molecule has 4 heterocycles. The highest BCUT2D eigenvalue weighted by Crippen LogP contribution is 2.35. The monoisotopic (exact) mass is 783 g/mol. The number of nitrogens with two attached hydrogens (primary N) is 1. The van der Waals surface area contributed by atoms with Crippen molar-refractivity contribution in [3.8, 4) is 0 Å². The maximum absolute atomic E-state index is 13.2. The Morgan fingerprint density at radius 3 is 2.33 bits per heavy atom. The average Bonchev–Trinajstić information content (AvgIpc) is 3.74. The van der Waals surface area contributed by atoms with Crippen molar-refractivity contribution in [1.29, 1.82) is 0 Å². The zero-order valence-electron chi connectivity index (χ0n) is 31.7. The molecule has 57 heavy (non-hydrogen) atoms. The number of primary amides is 1. The molecule has 7 N–H and O–H groups in total. The smallest absolute Gasteiger partial charge is 0.264 e. The Bertz CT molecular complexity index is 2140. The lowest BCUT2D eigenvalue weighted by molar-refractivity contribution is -0.136. The third-order valence-corrected chi connectivity index (χ3v) is 9.82. The van der Waals surface area contributed by atoms with Crippen LogP contribution in [-0.2, 0) is 39.8 Å². The van der Waals surface area contributed by atoms with E-state index < -0.39 is 35.6 Å². The summed E-state index contributed by atoms with van der Waals surface area (Å²) in [5, 5.41) is 11.0. The lowest BCUT2D eigenvalue weighted by Crippen LogP contribution is -2.54. The molecule has 300 valence electrons. The Hall–Kier alpha value is -6.17. The number of ether oxygens (including phenoxy) is 3. The van der Waals surface area contributed by atoms with Crippen molar-refractivity contribution < 1.29 is 47.8 Å². The van der Waals surface area contributed by atoms with Crippen molar-refractivity contribution in [3.63, 3.8) is 0 Å². The predicted octanol–water partition coefficient (Wildman–Crippen LogP) is 1.84. The molecule has 7 amide bonds. The van der Waals surface area contributed by atoms with Gasteiger partial charge in [0.25, 0.3) is 23.6 Å². The van der Waals surface area contributed by atoms with Crippen LogP contribution in [0, 0.1) is 13.8 Å². The molecule has 0 saturated carbocycles. The molecule has 3 aliphatic heterocycles. The molecule has 3 aromatic rings. The number of imide groups is 2. The molecule has 0 radical (unpaired) electrons. The molecule has 2 aromatic carbocycles. The number of anilines is 2. The van der Waals surface area contributed by atoms with Gasteiger partial charge in [0.15, 0.2) is 0 Å². The van der Waals surface area contributed by atoms with Gasteiger partial charge in [-0.15, -0.1) is 0 Å². The zero-order valence-corrected chi connectivity index (χ0v) is 31.7. The van der Waals surface area contributed by atoms with Crippen LogP contribution in [0.3, 0.4) is 0 Å². The maximum Gasteiger partial charge on any atom is 0.264 e. The number of carbonyl (C=O) groups is 7. The van der Waals surface area contributed by atoms with Crippen LogP contribution < -0.4 is 27.0 Å². The molecule has 17 nitrogen and oxygen atoms in total. The van der Waals surface area contributed by atoms with Crippen LogP contribution in [0.15, 0.2) is 36.4 Å². The topological polar surface area (TPSA) is 240 Å². The summed E-state index contributed by atoms with van der Waals surface area (Å²) in [6.45, 7) is 6.07. The van der Waals surface area contributed by atoms with Gasteiger partial charge in [-0.25, -0.2) is 0 Å². The Morgan fingerprint density at radius 1 is 0.895 bits per heavy atom. The third kappa shape index (κ3) is 9.28. The second-order valence-electron chi connectivity index (χ2n) is 13.7. The Labute approximate surface area is 328 Å². The summed E-state index contributed by atoms with van der Waals surface area (Å²) in [6, 6.07) is 9.36. The fourth-order valence-electron chi connectivity index (χ4n) is 6.99. The molecular formula is C40H45N7O10. The number of benzene rings is 2. The van der Waals surface area contributed by atoms with Crippen LogP contribution in [0.2, 0.25) is 0 Å². The van der Waals surface area contributed by atoms with Crippen LogP contribution in [-0.4, -0.2) is 110 Å². The number of rotatable bonds is 19. The summed E-state index contributed by atoms with van der Waals surface area (Å²) >= 11 is 0. The molecular weight excluding hydrogens is 738 g/mol. The van der Waals surface area contributed by atoms with E-state index in [4.69, 9.17) is 19.9 Å². The summed E-state index contributed by atoms with van der Waals surface area (Å²) in [5.74, 6) is -3.17. The van der Waals surface area contributed by atoms with Gasteiger partial charge in [0.2, 0.25) is 17.7 Å². The van der Waals surface area contributed by atoms with E-state index in [0.29, 0.717) is 85.5 Å². The van der Waals surface area contributed by atoms with Crippen molar-refractivity contribution in [2.75, 3.05) is 63.4 Å². The molecule has 1 aromatic heterocycles. The SMILES string of the molecule is Cc1[nH]c(/C=C2\C(=O)Nc3ccc(CCC(N)=O)cc32)c(C)c1C(=O)NCCOCCOCCOCCNc1cccc2c1C(=O)N([C@@H]1CCC(=O)NC1=O)C2=O. The van der Waals surface area contributed by atoms with Crippen molar-refractivity contribution >= 4 is 64.4 Å². The molecule has 0 bridgehead atoms. The zero-order chi connectivity index (χ0) is 40.6. The first-order valence-electron chi connectivity index (χ1n) is 18.7. The molecule has 6 rings (SSSR count). The molecule has 3 aliphatic rings. The number of hydrogen-bond acceptors (Lipinski definition) is 11. The quantitative estimate of drug-likeness (QED) is 0.0583. The first kappa shape index (κ1) is 40.5. The van der Waals surface area contributed by atoms with Crippen LogP contribution in [0.5, 0.6) is 0 Å². The number of H-pyrrole nitrogens is 1. The van der Waals surface area contributed by atoms with Crippen molar-refractivity contribution in [2.24, 2.45) is 5.73 Å². The maximum atomic E-state index is 13.2. The number of aromatic nitrogens is 1. The highest BCUT2D eigenvalue weighted by molar-refractivity contribution is 6.35. The minimum atomic E-state index is -1.03. The minimum Gasteiger partial charge on any atom is -0.382 e. The number of hydrogen-bond donors (Lipinski definition) is 6. The molecule has 0 unspecified atom stereocenters. The largest absolute Gasteiger partial charge is 0.382 e. The summed E-state index contributed by atoms with van der Waals surface area (Å²) in [6.07, 6.45) is 2.53. The average molecular weight is 784 g/mol. The summed E-state index contributed by atoms with van der Waals surface area (Å²) in [4.78, 5) is 91.4. The Balaban J connectivity index is 0.856. The van der Waals surface area contributed by atoms with Gasteiger partial charge in [0.05, 0.1) is 61.9 Å². The van der Waals surface area contributed by atoms with Gasteiger partial charge in [-0.3, -0.25) is 43.8 Å². The second kappa shape index (κ2) is 18.2. The highest BCUT2D eigenvalue weighted by atomic mass is 16.5. The minimum absolute atomic E-state index is 0.0478. The van der Waals surface area contributed by atoms with Gasteiger partial charge in [0.1, 0.15) is 6.04 Å².